The van der Waals surface area contributed by atoms with Crippen molar-refractivity contribution < 1.29 is 14.0 Å². The van der Waals surface area contributed by atoms with Crippen LogP contribution in [-0.2, 0) is 0 Å². The van der Waals surface area contributed by atoms with Gasteiger partial charge in [-0.2, -0.15) is 0 Å². The lowest BCUT2D eigenvalue weighted by atomic mass is 10.0. The maximum atomic E-state index is 13.0. The van der Waals surface area contributed by atoms with Gasteiger partial charge < -0.3 is 15.5 Å². The summed E-state index contributed by atoms with van der Waals surface area (Å²) in [6, 6.07) is 19.0. The number of hydrogen-bond donors (Lipinski definition) is 2. The van der Waals surface area contributed by atoms with Crippen molar-refractivity contribution in [1.82, 2.24) is 0 Å². The van der Waals surface area contributed by atoms with Gasteiger partial charge in [0.1, 0.15) is 5.76 Å². The van der Waals surface area contributed by atoms with Gasteiger partial charge in [-0.25, -0.2) is 0 Å². The number of amides is 2. The second-order valence-corrected chi connectivity index (χ2v) is 7.28. The van der Waals surface area contributed by atoms with Gasteiger partial charge in [0.15, 0.2) is 11.0 Å². The van der Waals surface area contributed by atoms with Crippen LogP contribution < -0.4 is 16.5 Å². The molecule has 0 saturated heterocycles. The van der Waals surface area contributed by atoms with E-state index in [1.165, 1.54) is 0 Å². The van der Waals surface area contributed by atoms with E-state index >= 15 is 0 Å². The number of nitrogens with one attached hydrogen (secondary N) is 1. The summed E-state index contributed by atoms with van der Waals surface area (Å²) in [6.45, 7) is 3.45. The molecule has 0 spiro atoms. The van der Waals surface area contributed by atoms with Crippen molar-refractivity contribution in [2.24, 2.45) is 5.73 Å². The molecule has 0 bridgehead atoms. The Morgan fingerprint density at radius 1 is 0.903 bits per heavy atom. The number of aryl methyl sites for hydroxylation is 1. The number of para-hydroxylation sites is 1. The Bertz CT molecular complexity index is 1390. The number of hydrogen-bond acceptors (Lipinski definition) is 4. The molecule has 0 unspecified atom stereocenters. The monoisotopic (exact) mass is 412 g/mol. The van der Waals surface area contributed by atoms with Gasteiger partial charge in [0, 0.05) is 22.4 Å². The summed E-state index contributed by atoms with van der Waals surface area (Å²) in [5.74, 6) is -0.530. The lowest BCUT2D eigenvalue weighted by Crippen LogP contribution is -2.16. The minimum atomic E-state index is -0.532. The number of fused-ring (bicyclic) bond motifs is 1. The molecule has 0 fully saturated rings. The number of carbonyl (C=O) groups excluding carboxylic acids is 2. The third kappa shape index (κ3) is 3.71. The van der Waals surface area contributed by atoms with Crippen molar-refractivity contribution in [3.05, 3.63) is 99.2 Å². The first-order chi connectivity index (χ1) is 14.9. The van der Waals surface area contributed by atoms with Gasteiger partial charge in [-0.15, -0.1) is 0 Å². The summed E-state index contributed by atoms with van der Waals surface area (Å²) >= 11 is 0. The summed E-state index contributed by atoms with van der Waals surface area (Å²) in [5.41, 5.74) is 8.39. The molecule has 4 rings (SSSR count). The van der Waals surface area contributed by atoms with Gasteiger partial charge in [0.2, 0.25) is 5.91 Å². The van der Waals surface area contributed by atoms with Gasteiger partial charge in [0.05, 0.1) is 10.9 Å². The maximum absolute atomic E-state index is 13.0. The van der Waals surface area contributed by atoms with Gasteiger partial charge in [-0.05, 0) is 49.7 Å². The Morgan fingerprint density at radius 2 is 1.65 bits per heavy atom. The van der Waals surface area contributed by atoms with Crippen molar-refractivity contribution in [2.75, 3.05) is 5.32 Å². The molecule has 0 radical (unpaired) electrons. The van der Waals surface area contributed by atoms with Crippen LogP contribution in [0.25, 0.3) is 22.3 Å². The molecule has 31 heavy (non-hydrogen) atoms. The van der Waals surface area contributed by atoms with Gasteiger partial charge in [0.25, 0.3) is 5.91 Å². The standard InChI is InChI=1S/C25H20N2O4/c1-14-13-17(11-12-18(14)24(26)29)27-25(30)20-10-6-9-19-21(28)15(2)22(31-23(19)20)16-7-4-3-5-8-16/h3-13H,1-2H3,(H2,26,29)(H,27,30). The summed E-state index contributed by atoms with van der Waals surface area (Å²) in [4.78, 5) is 37.4. The zero-order valence-corrected chi connectivity index (χ0v) is 17.1. The molecule has 0 atom stereocenters. The van der Waals surface area contributed by atoms with E-state index in [0.717, 1.165) is 5.56 Å². The van der Waals surface area contributed by atoms with Crippen LogP contribution in [0.1, 0.15) is 31.8 Å². The molecule has 0 aliphatic carbocycles. The molecule has 2 amide bonds. The quantitative estimate of drug-likeness (QED) is 0.518. The maximum Gasteiger partial charge on any atom is 0.259 e. The first-order valence-electron chi connectivity index (χ1n) is 9.70. The highest BCUT2D eigenvalue weighted by Gasteiger charge is 2.19. The van der Waals surface area contributed by atoms with E-state index in [0.29, 0.717) is 33.5 Å². The van der Waals surface area contributed by atoms with E-state index in [1.54, 1.807) is 50.2 Å². The highest BCUT2D eigenvalue weighted by atomic mass is 16.3. The fourth-order valence-corrected chi connectivity index (χ4v) is 3.57. The van der Waals surface area contributed by atoms with Crippen molar-refractivity contribution >= 4 is 28.5 Å². The summed E-state index contributed by atoms with van der Waals surface area (Å²) in [5, 5.41) is 3.14. The highest BCUT2D eigenvalue weighted by molar-refractivity contribution is 6.11. The minimum absolute atomic E-state index is 0.184. The molecule has 3 N–H and O–H groups in total. The van der Waals surface area contributed by atoms with Crippen molar-refractivity contribution in [1.29, 1.82) is 0 Å². The zero-order valence-electron chi connectivity index (χ0n) is 17.1. The van der Waals surface area contributed by atoms with E-state index in [9.17, 15) is 14.4 Å². The zero-order chi connectivity index (χ0) is 22.1. The summed E-state index contributed by atoms with van der Waals surface area (Å²) in [7, 11) is 0. The lowest BCUT2D eigenvalue weighted by Gasteiger charge is -2.11. The molecule has 0 aliphatic rings. The number of benzene rings is 3. The highest BCUT2D eigenvalue weighted by Crippen LogP contribution is 2.28. The number of nitrogens with two attached hydrogens (primary N) is 1. The van der Waals surface area contributed by atoms with Crippen LogP contribution in [-0.4, -0.2) is 11.8 Å². The van der Waals surface area contributed by atoms with E-state index in [2.05, 4.69) is 5.32 Å². The molecule has 154 valence electrons. The Hall–Kier alpha value is -4.19. The topological polar surface area (TPSA) is 102 Å². The van der Waals surface area contributed by atoms with Crippen molar-refractivity contribution in [2.45, 2.75) is 13.8 Å². The van der Waals surface area contributed by atoms with Crippen molar-refractivity contribution in [3.8, 4) is 11.3 Å². The second kappa shape index (κ2) is 7.91. The fraction of sp³-hybridized carbons (Fsp3) is 0.0800. The number of rotatable bonds is 4. The van der Waals surface area contributed by atoms with E-state index in [-0.39, 0.29) is 16.6 Å². The first-order valence-corrected chi connectivity index (χ1v) is 9.70. The molecule has 6 heteroatoms. The Morgan fingerprint density at radius 3 is 2.32 bits per heavy atom. The lowest BCUT2D eigenvalue weighted by molar-refractivity contribution is 0.0997. The molecule has 3 aromatic carbocycles. The van der Waals surface area contributed by atoms with Crippen LogP contribution in [0.4, 0.5) is 5.69 Å². The fourth-order valence-electron chi connectivity index (χ4n) is 3.57. The number of primary amides is 1. The summed E-state index contributed by atoms with van der Waals surface area (Å²) < 4.78 is 6.10. The SMILES string of the molecule is Cc1cc(NC(=O)c2cccc3c(=O)c(C)c(-c4ccccc4)oc23)ccc1C(N)=O. The van der Waals surface area contributed by atoms with Crippen LogP contribution in [0, 0.1) is 13.8 Å². The van der Waals surface area contributed by atoms with Gasteiger partial charge >= 0.3 is 0 Å². The molecule has 6 nitrogen and oxygen atoms in total. The van der Waals surface area contributed by atoms with Crippen LogP contribution in [0.2, 0.25) is 0 Å². The molecule has 4 aromatic rings. The number of carbonyl (C=O) groups is 2. The third-order valence-corrected chi connectivity index (χ3v) is 5.18. The molecule has 1 heterocycles. The third-order valence-electron chi connectivity index (χ3n) is 5.18. The number of anilines is 1. The molecular weight excluding hydrogens is 392 g/mol. The smallest absolute Gasteiger partial charge is 0.259 e. The second-order valence-electron chi connectivity index (χ2n) is 7.28. The Kier molecular flexibility index (Phi) is 5.13. The van der Waals surface area contributed by atoms with Crippen LogP contribution >= 0.6 is 0 Å². The molecule has 1 aromatic heterocycles. The van der Waals surface area contributed by atoms with Gasteiger partial charge in [-0.1, -0.05) is 36.4 Å². The van der Waals surface area contributed by atoms with E-state index in [4.69, 9.17) is 10.2 Å². The predicted octanol–water partition coefficient (Wildman–Crippen LogP) is 4.43. The van der Waals surface area contributed by atoms with Gasteiger partial charge in [-0.3, -0.25) is 14.4 Å². The first kappa shape index (κ1) is 20.1. The van der Waals surface area contributed by atoms with Crippen LogP contribution in [0.15, 0.2) is 75.9 Å². The minimum Gasteiger partial charge on any atom is -0.455 e. The van der Waals surface area contributed by atoms with Crippen molar-refractivity contribution in [3.63, 3.8) is 0 Å². The predicted molar refractivity (Wildman–Crippen MR) is 120 cm³/mol. The van der Waals surface area contributed by atoms with Crippen LogP contribution in [0.3, 0.4) is 0 Å². The molecular formula is C25H20N2O4. The largest absolute Gasteiger partial charge is 0.455 e. The van der Waals surface area contributed by atoms with E-state index < -0.39 is 11.8 Å². The normalized spacial score (nSPS) is 10.8. The van der Waals surface area contributed by atoms with E-state index in [1.807, 2.05) is 30.3 Å². The summed E-state index contributed by atoms with van der Waals surface area (Å²) in [6.07, 6.45) is 0. The average molecular weight is 412 g/mol. The van der Waals surface area contributed by atoms with Crippen LogP contribution in [0.5, 0.6) is 0 Å². The Labute approximate surface area is 178 Å². The molecule has 0 saturated carbocycles. The molecule has 0 aliphatic heterocycles. The Balaban J connectivity index is 1.80. The average Bonchev–Trinajstić information content (AvgIpc) is 2.76.